The summed E-state index contributed by atoms with van der Waals surface area (Å²) in [6.45, 7) is 11.2. The highest BCUT2D eigenvalue weighted by molar-refractivity contribution is 5.97. The molecule has 1 aliphatic heterocycles. The van der Waals surface area contributed by atoms with E-state index in [-0.39, 0.29) is 30.7 Å². The zero-order valence-electron chi connectivity index (χ0n) is 29.5. The van der Waals surface area contributed by atoms with Crippen LogP contribution >= 0.6 is 0 Å². The predicted octanol–water partition coefficient (Wildman–Crippen LogP) is 6.33. The molecule has 0 unspecified atom stereocenters. The Morgan fingerprint density at radius 2 is 1.59 bits per heavy atom. The van der Waals surface area contributed by atoms with Gasteiger partial charge in [-0.15, -0.1) is 0 Å². The molecule has 2 amide bonds. The van der Waals surface area contributed by atoms with Gasteiger partial charge < -0.3 is 25.4 Å². The zero-order chi connectivity index (χ0) is 35.2. The van der Waals surface area contributed by atoms with Crippen LogP contribution in [0.1, 0.15) is 101 Å². The molecule has 3 N–H and O–H groups in total. The van der Waals surface area contributed by atoms with Gasteiger partial charge in [-0.25, -0.2) is 9.97 Å². The number of hydrogen-bond donors (Lipinski definition) is 3. The molecule has 264 valence electrons. The van der Waals surface area contributed by atoms with E-state index in [1.54, 1.807) is 12.1 Å². The number of carboxylic acid groups (broad SMARTS) is 1. The number of carbonyl (C=O) groups is 3. The van der Waals surface area contributed by atoms with E-state index in [0.717, 1.165) is 61.3 Å². The lowest BCUT2D eigenvalue weighted by Gasteiger charge is -2.33. The summed E-state index contributed by atoms with van der Waals surface area (Å²) in [5, 5.41) is 14.5. The number of ether oxygens (including phenoxy) is 1. The number of amides is 2. The summed E-state index contributed by atoms with van der Waals surface area (Å²) in [4.78, 5) is 48.8. The molecule has 49 heavy (non-hydrogen) atoms. The fourth-order valence-electron chi connectivity index (χ4n) is 5.88. The normalized spacial score (nSPS) is 14.3. The molecule has 3 aromatic rings. The molecule has 2 aromatic carbocycles. The molecule has 1 aromatic heterocycles. The second-order valence-electron chi connectivity index (χ2n) is 13.9. The van der Waals surface area contributed by atoms with Crippen molar-refractivity contribution in [1.29, 1.82) is 0 Å². The maximum Gasteiger partial charge on any atom is 0.305 e. The number of piperidine rings is 1. The Bertz CT molecular complexity index is 1480. The number of aromatic nitrogens is 2. The standard InChI is InChI=1S/C39H53N5O5/c1-5-6-7-8-9-24-49-33-19-22-44(23-20-33)32-26-41-36(42-27-32)29-12-10-28(11-13-29)25-34(38(48)40-21-18-35(45)46)43-37(47)30-14-16-31(17-15-30)39(2,3)4/h10-17,26-27,33-34H,5-9,18-25H2,1-4H3,(H,40,48)(H,43,47)(H,45,46)/t34-/m0/s1. The quantitative estimate of drug-likeness (QED) is 0.142. The van der Waals surface area contributed by atoms with Gasteiger partial charge in [0.05, 0.1) is 30.6 Å². The van der Waals surface area contributed by atoms with Gasteiger partial charge in [-0.05, 0) is 47.9 Å². The number of rotatable bonds is 17. The van der Waals surface area contributed by atoms with Crippen LogP contribution in [0.2, 0.25) is 0 Å². The Morgan fingerprint density at radius 3 is 2.20 bits per heavy atom. The highest BCUT2D eigenvalue weighted by Crippen LogP contribution is 2.24. The van der Waals surface area contributed by atoms with Gasteiger partial charge in [-0.3, -0.25) is 14.4 Å². The first-order valence-corrected chi connectivity index (χ1v) is 17.7. The van der Waals surface area contributed by atoms with E-state index in [1.165, 1.54) is 25.7 Å². The molecule has 10 nitrogen and oxygen atoms in total. The first-order chi connectivity index (χ1) is 23.5. The van der Waals surface area contributed by atoms with Crippen molar-refractivity contribution in [3.8, 4) is 11.4 Å². The number of carboxylic acids is 1. The van der Waals surface area contributed by atoms with Gasteiger partial charge in [0.15, 0.2) is 5.82 Å². The first-order valence-electron chi connectivity index (χ1n) is 17.7. The Hall–Kier alpha value is -4.31. The van der Waals surface area contributed by atoms with Crippen LogP contribution in [0.15, 0.2) is 60.9 Å². The predicted molar refractivity (Wildman–Crippen MR) is 193 cm³/mol. The van der Waals surface area contributed by atoms with Crippen LogP contribution < -0.4 is 15.5 Å². The molecule has 0 radical (unpaired) electrons. The van der Waals surface area contributed by atoms with Crippen molar-refractivity contribution >= 4 is 23.5 Å². The van der Waals surface area contributed by atoms with E-state index in [1.807, 2.05) is 48.8 Å². The smallest absolute Gasteiger partial charge is 0.305 e. The molecule has 1 saturated heterocycles. The van der Waals surface area contributed by atoms with Crippen LogP contribution in [0.3, 0.4) is 0 Å². The van der Waals surface area contributed by atoms with E-state index in [2.05, 4.69) is 53.2 Å². The van der Waals surface area contributed by atoms with E-state index in [9.17, 15) is 14.4 Å². The lowest BCUT2D eigenvalue weighted by molar-refractivity contribution is -0.137. The summed E-state index contributed by atoms with van der Waals surface area (Å²) in [5.41, 5.74) is 4.15. The third-order valence-corrected chi connectivity index (χ3v) is 8.97. The van der Waals surface area contributed by atoms with Crippen molar-refractivity contribution in [3.63, 3.8) is 0 Å². The van der Waals surface area contributed by atoms with E-state index in [4.69, 9.17) is 9.84 Å². The molecule has 10 heteroatoms. The Balaban J connectivity index is 1.33. The second kappa shape index (κ2) is 18.5. The molecule has 1 atom stereocenters. The summed E-state index contributed by atoms with van der Waals surface area (Å²) in [6.07, 6.45) is 12.3. The second-order valence-corrected chi connectivity index (χ2v) is 13.9. The lowest BCUT2D eigenvalue weighted by atomic mass is 9.86. The minimum atomic E-state index is -1.01. The third-order valence-electron chi connectivity index (χ3n) is 8.97. The number of unbranched alkanes of at least 4 members (excludes halogenated alkanes) is 4. The largest absolute Gasteiger partial charge is 0.481 e. The van der Waals surface area contributed by atoms with Crippen molar-refractivity contribution < 1.29 is 24.2 Å². The minimum absolute atomic E-state index is 0.0297. The Kier molecular flexibility index (Phi) is 14.1. The average Bonchev–Trinajstić information content (AvgIpc) is 3.09. The summed E-state index contributed by atoms with van der Waals surface area (Å²) < 4.78 is 6.13. The topological polar surface area (TPSA) is 134 Å². The Morgan fingerprint density at radius 1 is 0.939 bits per heavy atom. The number of carbonyl (C=O) groups excluding carboxylic acids is 2. The number of benzene rings is 2. The monoisotopic (exact) mass is 671 g/mol. The number of aliphatic carboxylic acids is 1. The van der Waals surface area contributed by atoms with Crippen molar-refractivity contribution in [2.75, 3.05) is 31.1 Å². The molecular weight excluding hydrogens is 618 g/mol. The van der Waals surface area contributed by atoms with Crippen LogP contribution in [0.25, 0.3) is 11.4 Å². The maximum atomic E-state index is 13.2. The van der Waals surface area contributed by atoms with Crippen molar-refractivity contribution in [2.45, 2.75) is 103 Å². The van der Waals surface area contributed by atoms with Crippen LogP contribution in [0, 0.1) is 0 Å². The van der Waals surface area contributed by atoms with Gasteiger partial charge in [0, 0.05) is 43.8 Å². The molecule has 0 spiro atoms. The molecule has 0 aliphatic carbocycles. The highest BCUT2D eigenvalue weighted by Gasteiger charge is 2.24. The van der Waals surface area contributed by atoms with Gasteiger partial charge in [-0.1, -0.05) is 89.8 Å². The molecule has 1 aliphatic rings. The minimum Gasteiger partial charge on any atom is -0.481 e. The summed E-state index contributed by atoms with van der Waals surface area (Å²) >= 11 is 0. The average molecular weight is 672 g/mol. The SMILES string of the molecule is CCCCCCCOC1CCN(c2cnc(-c3ccc(C[C@H](NC(=O)c4ccc(C(C)(C)C)cc4)C(=O)NCCC(=O)O)cc3)nc2)CC1. The van der Waals surface area contributed by atoms with Crippen molar-refractivity contribution in [2.24, 2.45) is 0 Å². The van der Waals surface area contributed by atoms with E-state index >= 15 is 0 Å². The van der Waals surface area contributed by atoms with Gasteiger partial charge in [0.25, 0.3) is 5.91 Å². The number of nitrogens with one attached hydrogen (secondary N) is 2. The van der Waals surface area contributed by atoms with Gasteiger partial charge in [0.1, 0.15) is 6.04 Å². The van der Waals surface area contributed by atoms with Crippen LogP contribution in [-0.2, 0) is 26.2 Å². The molecule has 2 heterocycles. The number of hydrogen-bond acceptors (Lipinski definition) is 7. The van der Waals surface area contributed by atoms with Gasteiger partial charge >= 0.3 is 5.97 Å². The van der Waals surface area contributed by atoms with Crippen LogP contribution in [0.4, 0.5) is 5.69 Å². The van der Waals surface area contributed by atoms with E-state index < -0.39 is 17.9 Å². The maximum absolute atomic E-state index is 13.2. The van der Waals surface area contributed by atoms with Crippen LogP contribution in [-0.4, -0.2) is 71.2 Å². The number of anilines is 1. The summed E-state index contributed by atoms with van der Waals surface area (Å²) in [7, 11) is 0. The van der Waals surface area contributed by atoms with Gasteiger partial charge in [-0.2, -0.15) is 0 Å². The third kappa shape index (κ3) is 12.0. The fraction of sp³-hybridized carbons (Fsp3) is 0.513. The van der Waals surface area contributed by atoms with Crippen LogP contribution in [0.5, 0.6) is 0 Å². The Labute approximate surface area is 291 Å². The van der Waals surface area contributed by atoms with Crippen molar-refractivity contribution in [3.05, 3.63) is 77.6 Å². The van der Waals surface area contributed by atoms with Gasteiger partial charge in [0.2, 0.25) is 5.91 Å². The molecule has 4 rings (SSSR count). The number of nitrogens with zero attached hydrogens (tertiary/aromatic N) is 3. The summed E-state index contributed by atoms with van der Waals surface area (Å²) in [6, 6.07) is 14.0. The summed E-state index contributed by atoms with van der Waals surface area (Å²) in [5.74, 6) is -1.23. The fourth-order valence-corrected chi connectivity index (χ4v) is 5.88. The molecular formula is C39H53N5O5. The molecule has 0 bridgehead atoms. The van der Waals surface area contributed by atoms with E-state index in [0.29, 0.717) is 17.5 Å². The molecule has 0 saturated carbocycles. The molecule has 1 fully saturated rings. The first kappa shape index (κ1) is 37.5. The highest BCUT2D eigenvalue weighted by atomic mass is 16.5. The lowest BCUT2D eigenvalue weighted by Crippen LogP contribution is -2.48. The zero-order valence-corrected chi connectivity index (χ0v) is 29.5. The van der Waals surface area contributed by atoms with Crippen molar-refractivity contribution in [1.82, 2.24) is 20.6 Å².